The number of ether oxygens (including phenoxy) is 2. The Bertz CT molecular complexity index is 530. The number of benzene rings is 1. The van der Waals surface area contributed by atoms with Crippen LogP contribution >= 0.6 is 0 Å². The molecule has 0 saturated carbocycles. The van der Waals surface area contributed by atoms with Crippen molar-refractivity contribution in [3.8, 4) is 5.75 Å². The summed E-state index contributed by atoms with van der Waals surface area (Å²) >= 11 is 0. The van der Waals surface area contributed by atoms with Gasteiger partial charge in [0.15, 0.2) is 0 Å². The molecule has 0 aliphatic carbocycles. The van der Waals surface area contributed by atoms with E-state index in [0.29, 0.717) is 5.75 Å². The van der Waals surface area contributed by atoms with Crippen LogP contribution in [0.15, 0.2) is 18.2 Å². The molecule has 7 heteroatoms. The van der Waals surface area contributed by atoms with Crippen molar-refractivity contribution >= 4 is 6.09 Å². The molecule has 0 aliphatic heterocycles. The molecule has 0 fully saturated rings. The Balaban J connectivity index is 2.51. The second kappa shape index (κ2) is 8.12. The maximum Gasteiger partial charge on any atom is 0.407 e. The highest BCUT2D eigenvalue weighted by Gasteiger charge is 2.22. The number of methoxy groups -OCH3 is 1. The monoisotopic (exact) mass is 329 g/mol. The number of nitrogens with one attached hydrogen (secondary N) is 1. The Hall–Kier alpha value is -1.86. The van der Waals surface area contributed by atoms with Crippen LogP contribution in [0.3, 0.4) is 0 Å². The molecule has 0 aliphatic rings. The molecule has 0 heterocycles. The van der Waals surface area contributed by atoms with Gasteiger partial charge in [0, 0.05) is 18.2 Å². The van der Waals surface area contributed by atoms with Crippen molar-refractivity contribution in [3.63, 3.8) is 0 Å². The molecule has 0 aromatic heterocycles. The summed E-state index contributed by atoms with van der Waals surface area (Å²) in [6, 6.07) is 3.97. The molecule has 130 valence electrons. The van der Waals surface area contributed by atoms with Gasteiger partial charge in [-0.15, -0.1) is 0 Å². The fraction of sp³-hybridized carbons (Fsp3) is 0.562. The topological polar surface area (TPSA) is 88.0 Å². The minimum atomic E-state index is -1.40. The molecule has 3 N–H and O–H groups in total. The van der Waals surface area contributed by atoms with Crippen molar-refractivity contribution in [2.24, 2.45) is 0 Å². The van der Waals surface area contributed by atoms with Crippen molar-refractivity contribution < 1.29 is 28.9 Å². The molecule has 0 spiro atoms. The number of hydrogen-bond donors (Lipinski definition) is 3. The summed E-state index contributed by atoms with van der Waals surface area (Å²) in [5, 5.41) is 22.4. The summed E-state index contributed by atoms with van der Waals surface area (Å²) in [6.45, 7) is 5.29. The van der Waals surface area contributed by atoms with E-state index in [1.54, 1.807) is 20.8 Å². The fourth-order valence-electron chi connectivity index (χ4n) is 1.88. The Morgan fingerprint density at radius 1 is 1.35 bits per heavy atom. The van der Waals surface area contributed by atoms with E-state index < -0.39 is 29.7 Å². The number of alkyl carbamates (subject to hydrolysis) is 1. The highest BCUT2D eigenvalue weighted by Crippen LogP contribution is 2.25. The lowest BCUT2D eigenvalue weighted by atomic mass is 10.0. The summed E-state index contributed by atoms with van der Waals surface area (Å²) in [4.78, 5) is 11.5. The van der Waals surface area contributed by atoms with Crippen LogP contribution in [0.25, 0.3) is 0 Å². The van der Waals surface area contributed by atoms with Gasteiger partial charge in [-0.2, -0.15) is 0 Å². The second-order valence-electron chi connectivity index (χ2n) is 6.12. The highest BCUT2D eigenvalue weighted by molar-refractivity contribution is 5.67. The lowest BCUT2D eigenvalue weighted by molar-refractivity contribution is 0.0103. The molecule has 0 saturated heterocycles. The smallest absolute Gasteiger partial charge is 0.407 e. The van der Waals surface area contributed by atoms with E-state index in [9.17, 15) is 19.4 Å². The zero-order valence-corrected chi connectivity index (χ0v) is 13.8. The fourth-order valence-corrected chi connectivity index (χ4v) is 1.88. The standard InChI is InChI=1S/C16H24FNO5/c1-16(2,3)23-15(21)18-8-7-13(19)14(20)11-6-5-10(22-4)9-12(11)17/h5-6,9,13-14,19-20H,7-8H2,1-4H3,(H,18,21). The van der Waals surface area contributed by atoms with E-state index in [1.807, 2.05) is 0 Å². The summed E-state index contributed by atoms with van der Waals surface area (Å²) < 4.78 is 23.8. The first kappa shape index (κ1) is 19.2. The van der Waals surface area contributed by atoms with Crippen molar-refractivity contribution in [1.82, 2.24) is 5.32 Å². The van der Waals surface area contributed by atoms with Crippen molar-refractivity contribution in [2.75, 3.05) is 13.7 Å². The van der Waals surface area contributed by atoms with E-state index in [2.05, 4.69) is 5.32 Å². The SMILES string of the molecule is COc1ccc(C(O)C(O)CCNC(=O)OC(C)(C)C)c(F)c1. The zero-order chi connectivity index (χ0) is 17.6. The molecule has 1 aromatic carbocycles. The van der Waals surface area contributed by atoms with E-state index in [4.69, 9.17) is 9.47 Å². The Morgan fingerprint density at radius 3 is 2.52 bits per heavy atom. The van der Waals surface area contributed by atoms with E-state index in [-0.39, 0.29) is 18.5 Å². The molecule has 0 radical (unpaired) electrons. The third-order valence-corrected chi connectivity index (χ3v) is 3.00. The number of aliphatic hydroxyl groups excluding tert-OH is 2. The van der Waals surface area contributed by atoms with Crippen molar-refractivity contribution in [1.29, 1.82) is 0 Å². The molecule has 1 amide bonds. The van der Waals surface area contributed by atoms with Gasteiger partial charge >= 0.3 is 6.09 Å². The Morgan fingerprint density at radius 2 is 2.00 bits per heavy atom. The highest BCUT2D eigenvalue weighted by atomic mass is 19.1. The van der Waals surface area contributed by atoms with Crippen molar-refractivity contribution in [3.05, 3.63) is 29.6 Å². The number of rotatable bonds is 6. The second-order valence-corrected chi connectivity index (χ2v) is 6.12. The van der Waals surface area contributed by atoms with Gasteiger partial charge in [-0.05, 0) is 39.3 Å². The molecule has 1 rings (SSSR count). The summed E-state index contributed by atoms with van der Waals surface area (Å²) in [5.41, 5.74) is -0.649. The number of halogens is 1. The van der Waals surface area contributed by atoms with E-state index in [1.165, 1.54) is 19.2 Å². The minimum Gasteiger partial charge on any atom is -0.497 e. The maximum absolute atomic E-state index is 13.8. The lowest BCUT2D eigenvalue weighted by Crippen LogP contribution is -2.34. The lowest BCUT2D eigenvalue weighted by Gasteiger charge is -2.21. The average Bonchev–Trinajstić information content (AvgIpc) is 2.44. The normalized spacial score (nSPS) is 14.0. The summed E-state index contributed by atoms with van der Waals surface area (Å²) in [5.74, 6) is -0.351. The van der Waals surface area contributed by atoms with E-state index >= 15 is 0 Å². The molecular weight excluding hydrogens is 305 g/mol. The molecule has 2 atom stereocenters. The van der Waals surface area contributed by atoms with Gasteiger partial charge < -0.3 is 25.0 Å². The molecule has 0 bridgehead atoms. The van der Waals surface area contributed by atoms with Gasteiger partial charge in [0.05, 0.1) is 13.2 Å². The van der Waals surface area contributed by atoms with Crippen molar-refractivity contribution in [2.45, 2.75) is 45.0 Å². The molecule has 23 heavy (non-hydrogen) atoms. The summed E-state index contributed by atoms with van der Waals surface area (Å²) in [6.07, 6.45) is -3.20. The first-order chi connectivity index (χ1) is 10.6. The summed E-state index contributed by atoms with van der Waals surface area (Å²) in [7, 11) is 1.40. The average molecular weight is 329 g/mol. The van der Waals surface area contributed by atoms with Gasteiger partial charge in [0.1, 0.15) is 23.3 Å². The van der Waals surface area contributed by atoms with Gasteiger partial charge in [0.25, 0.3) is 0 Å². The number of hydrogen-bond acceptors (Lipinski definition) is 5. The zero-order valence-electron chi connectivity index (χ0n) is 13.8. The van der Waals surface area contributed by atoms with Crippen LogP contribution in [0.5, 0.6) is 5.75 Å². The molecule has 6 nitrogen and oxygen atoms in total. The Labute approximate surface area is 135 Å². The third kappa shape index (κ3) is 6.42. The number of aliphatic hydroxyl groups is 2. The number of carbonyl (C=O) groups excluding carboxylic acids is 1. The van der Waals surface area contributed by atoms with Gasteiger partial charge in [-0.25, -0.2) is 9.18 Å². The first-order valence-corrected chi connectivity index (χ1v) is 7.30. The minimum absolute atomic E-state index is 0.0319. The molecule has 1 aromatic rings. The largest absolute Gasteiger partial charge is 0.497 e. The van der Waals surface area contributed by atoms with Crippen LogP contribution in [0.1, 0.15) is 38.9 Å². The predicted octanol–water partition coefficient (Wildman–Crippen LogP) is 2.14. The van der Waals surface area contributed by atoms with Crippen LogP contribution in [-0.2, 0) is 4.74 Å². The van der Waals surface area contributed by atoms with Gasteiger partial charge in [-0.1, -0.05) is 0 Å². The van der Waals surface area contributed by atoms with Gasteiger partial charge in [-0.3, -0.25) is 0 Å². The third-order valence-electron chi connectivity index (χ3n) is 3.00. The van der Waals surface area contributed by atoms with Crippen LogP contribution in [-0.4, -0.2) is 41.7 Å². The van der Waals surface area contributed by atoms with Crippen LogP contribution in [0, 0.1) is 5.82 Å². The van der Waals surface area contributed by atoms with Gasteiger partial charge in [0.2, 0.25) is 0 Å². The van der Waals surface area contributed by atoms with E-state index in [0.717, 1.165) is 6.07 Å². The maximum atomic E-state index is 13.8. The quantitative estimate of drug-likeness (QED) is 0.744. The molecule has 2 unspecified atom stereocenters. The number of carbonyl (C=O) groups is 1. The van der Waals surface area contributed by atoms with Crippen LogP contribution in [0.2, 0.25) is 0 Å². The first-order valence-electron chi connectivity index (χ1n) is 7.30. The predicted molar refractivity (Wildman–Crippen MR) is 82.8 cm³/mol. The van der Waals surface area contributed by atoms with Crippen LogP contribution in [0.4, 0.5) is 9.18 Å². The molecular formula is C16H24FNO5. The number of amides is 1. The Kier molecular flexibility index (Phi) is 6.78. The van der Waals surface area contributed by atoms with Crippen LogP contribution < -0.4 is 10.1 Å².